The van der Waals surface area contributed by atoms with E-state index in [1.165, 1.54) is 12.8 Å². The maximum atomic E-state index is 12.8. The van der Waals surface area contributed by atoms with E-state index in [2.05, 4.69) is 20.2 Å². The second kappa shape index (κ2) is 11.9. The van der Waals surface area contributed by atoms with Crippen LogP contribution >= 0.6 is 24.0 Å². The Morgan fingerprint density at radius 2 is 1.94 bits per heavy atom. The summed E-state index contributed by atoms with van der Waals surface area (Å²) in [4.78, 5) is 26.0. The van der Waals surface area contributed by atoms with Gasteiger partial charge in [0.1, 0.15) is 5.60 Å². The van der Waals surface area contributed by atoms with Crippen molar-refractivity contribution >= 4 is 36.0 Å². The minimum absolute atomic E-state index is 0. The van der Waals surface area contributed by atoms with Crippen molar-refractivity contribution in [3.8, 4) is 5.88 Å². The third-order valence-corrected chi connectivity index (χ3v) is 5.61. The van der Waals surface area contributed by atoms with Crippen molar-refractivity contribution in [2.75, 3.05) is 33.8 Å². The van der Waals surface area contributed by atoms with E-state index in [1.54, 1.807) is 14.2 Å². The molecule has 32 heavy (non-hydrogen) atoms. The van der Waals surface area contributed by atoms with Gasteiger partial charge in [-0.15, -0.1) is 24.0 Å². The minimum atomic E-state index is -0.473. The Hall–Kier alpha value is -1.78. The molecule has 1 amide bonds. The number of halogens is 1. The maximum absolute atomic E-state index is 12.8. The van der Waals surface area contributed by atoms with Crippen LogP contribution in [0.25, 0.3) is 0 Å². The van der Waals surface area contributed by atoms with Gasteiger partial charge in [0.2, 0.25) is 5.88 Å². The second-order valence-electron chi connectivity index (χ2n) is 9.37. The summed E-state index contributed by atoms with van der Waals surface area (Å²) in [6.45, 7) is 8.87. The molecule has 0 aromatic carbocycles. The Morgan fingerprint density at radius 1 is 1.25 bits per heavy atom. The lowest BCUT2D eigenvalue weighted by Crippen LogP contribution is -2.52. The average Bonchev–Trinajstić information content (AvgIpc) is 3.56. The second-order valence-corrected chi connectivity index (χ2v) is 9.37. The number of carbonyl (C=O) groups excluding carboxylic acids is 1. The first-order valence-corrected chi connectivity index (χ1v) is 11.2. The molecule has 8 nitrogen and oxygen atoms in total. The van der Waals surface area contributed by atoms with Gasteiger partial charge in [-0.3, -0.25) is 4.99 Å². The van der Waals surface area contributed by atoms with E-state index in [-0.39, 0.29) is 36.1 Å². The molecule has 3 rings (SSSR count). The molecule has 1 aliphatic carbocycles. The Balaban J connectivity index is 0.00000363. The number of methoxy groups -OCH3 is 1. The highest BCUT2D eigenvalue weighted by molar-refractivity contribution is 14.0. The van der Waals surface area contributed by atoms with Crippen molar-refractivity contribution in [3.63, 3.8) is 0 Å². The number of guanidine groups is 1. The van der Waals surface area contributed by atoms with Gasteiger partial charge in [0.05, 0.1) is 19.3 Å². The van der Waals surface area contributed by atoms with Crippen LogP contribution in [0.3, 0.4) is 0 Å². The number of piperidine rings is 1. The van der Waals surface area contributed by atoms with E-state index in [1.807, 2.05) is 43.9 Å². The van der Waals surface area contributed by atoms with Crippen LogP contribution in [0.2, 0.25) is 0 Å². The topological polar surface area (TPSA) is 79.3 Å². The number of likely N-dealkylation sites (tertiary alicyclic amines) is 1. The molecule has 1 N–H and O–H groups in total. The molecule has 0 unspecified atom stereocenters. The number of nitrogens with zero attached hydrogens (tertiary/aromatic N) is 4. The van der Waals surface area contributed by atoms with E-state index in [9.17, 15) is 4.79 Å². The van der Waals surface area contributed by atoms with E-state index in [0.717, 1.165) is 44.1 Å². The molecule has 1 aromatic rings. The van der Waals surface area contributed by atoms with Gasteiger partial charge >= 0.3 is 6.09 Å². The summed E-state index contributed by atoms with van der Waals surface area (Å²) >= 11 is 0. The number of aromatic nitrogens is 1. The molecule has 0 spiro atoms. The molecule has 2 heterocycles. The fraction of sp³-hybridized carbons (Fsp3) is 0.696. The summed E-state index contributed by atoms with van der Waals surface area (Å²) in [7, 11) is 3.42. The molecule has 9 heteroatoms. The molecule has 1 saturated heterocycles. The first-order valence-electron chi connectivity index (χ1n) is 11.2. The lowest BCUT2D eigenvalue weighted by Gasteiger charge is -2.40. The summed E-state index contributed by atoms with van der Waals surface area (Å²) in [6.07, 6.45) is 4.07. The Labute approximate surface area is 209 Å². The zero-order valence-corrected chi connectivity index (χ0v) is 22.3. The highest BCUT2D eigenvalue weighted by Crippen LogP contribution is 2.32. The highest BCUT2D eigenvalue weighted by atomic mass is 127. The van der Waals surface area contributed by atoms with Crippen LogP contribution < -0.4 is 10.1 Å². The minimum Gasteiger partial charge on any atom is -0.481 e. The molecule has 1 aromatic heterocycles. The molecule has 2 aliphatic rings. The van der Waals surface area contributed by atoms with Gasteiger partial charge in [-0.1, -0.05) is 6.07 Å². The van der Waals surface area contributed by atoms with Gasteiger partial charge in [-0.25, -0.2) is 9.78 Å². The van der Waals surface area contributed by atoms with E-state index >= 15 is 0 Å². The first kappa shape index (κ1) is 26.5. The van der Waals surface area contributed by atoms with Crippen LogP contribution in [-0.4, -0.2) is 72.3 Å². The molecular weight excluding hydrogens is 521 g/mol. The standard InChI is InChI=1S/C23H37N5O3.HI/c1-23(2,3)31-22(29)28(16-17-9-10-17)19-11-13-27(14-12-19)21(24-4)25-15-18-7-6-8-20(26-18)30-5;/h6-8,17,19H,9-16H2,1-5H3,(H,24,25);1H. The van der Waals surface area contributed by atoms with Crippen LogP contribution in [0.15, 0.2) is 23.2 Å². The Morgan fingerprint density at radius 3 is 2.50 bits per heavy atom. The maximum Gasteiger partial charge on any atom is 0.410 e. The number of pyridine rings is 1. The quantitative estimate of drug-likeness (QED) is 0.324. The molecule has 0 bridgehead atoms. The number of amides is 1. The van der Waals surface area contributed by atoms with Crippen molar-refractivity contribution in [2.45, 2.75) is 64.6 Å². The summed E-state index contributed by atoms with van der Waals surface area (Å²) in [5, 5.41) is 3.40. The number of aliphatic imine (C=N–C) groups is 1. The van der Waals surface area contributed by atoms with E-state index < -0.39 is 5.60 Å². The fourth-order valence-electron chi connectivity index (χ4n) is 3.83. The molecule has 0 radical (unpaired) electrons. The zero-order chi connectivity index (χ0) is 22.4. The van der Waals surface area contributed by atoms with Gasteiger partial charge in [0.15, 0.2) is 5.96 Å². The first-order chi connectivity index (χ1) is 14.8. The van der Waals surface area contributed by atoms with E-state index in [0.29, 0.717) is 18.3 Å². The third-order valence-electron chi connectivity index (χ3n) is 5.61. The van der Waals surface area contributed by atoms with Crippen molar-refractivity contribution < 1.29 is 14.3 Å². The molecule has 2 fully saturated rings. The SMILES string of the molecule is CN=C(NCc1cccc(OC)n1)N1CCC(N(CC2CC2)C(=O)OC(C)(C)C)CC1.I. The van der Waals surface area contributed by atoms with Crippen molar-refractivity contribution in [3.05, 3.63) is 23.9 Å². The zero-order valence-electron chi connectivity index (χ0n) is 20.0. The summed E-state index contributed by atoms with van der Waals surface area (Å²) in [5.74, 6) is 2.09. The van der Waals surface area contributed by atoms with Gasteiger partial charge in [0, 0.05) is 38.8 Å². The van der Waals surface area contributed by atoms with Crippen LogP contribution in [0.5, 0.6) is 5.88 Å². The van der Waals surface area contributed by atoms with Crippen molar-refractivity contribution in [2.24, 2.45) is 10.9 Å². The number of hydrogen-bond acceptors (Lipinski definition) is 5. The predicted molar refractivity (Wildman–Crippen MR) is 137 cm³/mol. The molecule has 0 atom stereocenters. The lowest BCUT2D eigenvalue weighted by atomic mass is 10.0. The average molecular weight is 559 g/mol. The number of nitrogens with one attached hydrogen (secondary N) is 1. The Kier molecular flexibility index (Phi) is 9.84. The van der Waals surface area contributed by atoms with Gasteiger partial charge < -0.3 is 24.6 Å². The number of hydrogen-bond donors (Lipinski definition) is 1. The highest BCUT2D eigenvalue weighted by Gasteiger charge is 2.35. The van der Waals surface area contributed by atoms with Crippen LogP contribution in [0, 0.1) is 5.92 Å². The summed E-state index contributed by atoms with van der Waals surface area (Å²) < 4.78 is 10.9. The Bertz CT molecular complexity index is 771. The number of rotatable bonds is 6. The molecule has 1 saturated carbocycles. The predicted octanol–water partition coefficient (Wildman–Crippen LogP) is 3.90. The van der Waals surface area contributed by atoms with E-state index in [4.69, 9.17) is 9.47 Å². The van der Waals surface area contributed by atoms with Gasteiger partial charge in [-0.05, 0) is 58.4 Å². The van der Waals surface area contributed by atoms with Crippen molar-refractivity contribution in [1.82, 2.24) is 20.1 Å². The molecular formula is C23H38IN5O3. The fourth-order valence-corrected chi connectivity index (χ4v) is 3.83. The van der Waals surface area contributed by atoms with Crippen LogP contribution in [0.4, 0.5) is 4.79 Å². The summed E-state index contributed by atoms with van der Waals surface area (Å²) in [6, 6.07) is 5.94. The smallest absolute Gasteiger partial charge is 0.410 e. The number of carbonyl (C=O) groups is 1. The van der Waals surface area contributed by atoms with Crippen LogP contribution in [0.1, 0.15) is 52.1 Å². The molecule has 1 aliphatic heterocycles. The largest absolute Gasteiger partial charge is 0.481 e. The third kappa shape index (κ3) is 7.97. The van der Waals surface area contributed by atoms with Crippen LogP contribution in [-0.2, 0) is 11.3 Å². The molecule has 180 valence electrons. The van der Waals surface area contributed by atoms with Gasteiger partial charge in [0.25, 0.3) is 0 Å². The number of ether oxygens (including phenoxy) is 2. The lowest BCUT2D eigenvalue weighted by molar-refractivity contribution is 0.00928. The monoisotopic (exact) mass is 559 g/mol. The summed E-state index contributed by atoms with van der Waals surface area (Å²) in [5.41, 5.74) is 0.426. The van der Waals surface area contributed by atoms with Crippen molar-refractivity contribution in [1.29, 1.82) is 0 Å². The van der Waals surface area contributed by atoms with Gasteiger partial charge in [-0.2, -0.15) is 0 Å². The normalized spacial score (nSPS) is 17.4.